The lowest BCUT2D eigenvalue weighted by Crippen LogP contribution is -2.39. The van der Waals surface area contributed by atoms with Crippen molar-refractivity contribution < 1.29 is 9.53 Å². The molecule has 1 aromatic heterocycles. The maximum atomic E-state index is 12.7. The number of ketones is 1. The van der Waals surface area contributed by atoms with Crippen LogP contribution in [0.3, 0.4) is 0 Å². The largest absolute Gasteiger partial charge is 0.379 e. The summed E-state index contributed by atoms with van der Waals surface area (Å²) in [6, 6.07) is 9.83. The molecule has 5 heteroatoms. The van der Waals surface area contributed by atoms with Gasteiger partial charge in [-0.2, -0.15) is 0 Å². The van der Waals surface area contributed by atoms with Gasteiger partial charge in [0.1, 0.15) is 0 Å². The van der Waals surface area contributed by atoms with Gasteiger partial charge in [-0.05, 0) is 31.5 Å². The minimum absolute atomic E-state index is 0.176. The SMILES string of the molecule is Cc1cc(C(=O)CN2CCOCC2)c(C)n1Cc1ccccc1Cl. The summed E-state index contributed by atoms with van der Waals surface area (Å²) in [6.45, 7) is 8.25. The van der Waals surface area contributed by atoms with Crippen LogP contribution in [0.1, 0.15) is 27.3 Å². The van der Waals surface area contributed by atoms with E-state index in [4.69, 9.17) is 16.3 Å². The third kappa shape index (κ3) is 3.72. The fraction of sp³-hybridized carbons (Fsp3) is 0.421. The van der Waals surface area contributed by atoms with Crippen LogP contribution in [-0.2, 0) is 11.3 Å². The molecule has 2 aromatic rings. The van der Waals surface area contributed by atoms with E-state index in [1.165, 1.54) is 0 Å². The number of aryl methyl sites for hydroxylation is 1. The summed E-state index contributed by atoms with van der Waals surface area (Å²) in [7, 11) is 0. The monoisotopic (exact) mass is 346 g/mol. The lowest BCUT2D eigenvalue weighted by Gasteiger charge is -2.25. The van der Waals surface area contributed by atoms with Crippen molar-refractivity contribution in [3.05, 3.63) is 57.9 Å². The Balaban J connectivity index is 1.78. The Bertz CT molecular complexity index is 733. The quantitative estimate of drug-likeness (QED) is 0.779. The van der Waals surface area contributed by atoms with E-state index in [-0.39, 0.29) is 5.78 Å². The Morgan fingerprint density at radius 2 is 1.92 bits per heavy atom. The summed E-state index contributed by atoms with van der Waals surface area (Å²) in [6.07, 6.45) is 0. The molecule has 0 saturated carbocycles. The highest BCUT2D eigenvalue weighted by Crippen LogP contribution is 2.22. The molecular weight excluding hydrogens is 324 g/mol. The Labute approximate surface area is 148 Å². The molecular formula is C19H23ClN2O2. The molecule has 0 aliphatic carbocycles. The molecule has 0 amide bonds. The molecule has 0 radical (unpaired) electrons. The highest BCUT2D eigenvalue weighted by molar-refractivity contribution is 6.31. The van der Waals surface area contributed by atoms with E-state index in [2.05, 4.69) is 9.47 Å². The first-order valence-electron chi connectivity index (χ1n) is 8.29. The highest BCUT2D eigenvalue weighted by atomic mass is 35.5. The van der Waals surface area contributed by atoms with Gasteiger partial charge in [0.15, 0.2) is 5.78 Å². The zero-order valence-electron chi connectivity index (χ0n) is 14.2. The predicted octanol–water partition coefficient (Wildman–Crippen LogP) is 3.32. The first kappa shape index (κ1) is 17.2. The summed E-state index contributed by atoms with van der Waals surface area (Å²) in [5.41, 5.74) is 3.96. The molecule has 0 N–H and O–H groups in total. The Kier molecular flexibility index (Phi) is 5.39. The van der Waals surface area contributed by atoms with Gasteiger partial charge in [-0.1, -0.05) is 29.8 Å². The minimum atomic E-state index is 0.176. The van der Waals surface area contributed by atoms with Crippen LogP contribution < -0.4 is 0 Å². The fourth-order valence-corrected chi connectivity index (χ4v) is 3.37. The number of nitrogens with zero attached hydrogens (tertiary/aromatic N) is 2. The lowest BCUT2D eigenvalue weighted by atomic mass is 10.1. The van der Waals surface area contributed by atoms with Crippen molar-refractivity contribution in [3.8, 4) is 0 Å². The molecule has 2 heterocycles. The maximum Gasteiger partial charge on any atom is 0.178 e. The van der Waals surface area contributed by atoms with E-state index in [0.29, 0.717) is 26.3 Å². The summed E-state index contributed by atoms with van der Waals surface area (Å²) < 4.78 is 7.50. The van der Waals surface area contributed by atoms with Gasteiger partial charge < -0.3 is 9.30 Å². The van der Waals surface area contributed by atoms with E-state index in [1.807, 2.05) is 44.2 Å². The topological polar surface area (TPSA) is 34.5 Å². The van der Waals surface area contributed by atoms with Gasteiger partial charge in [0.25, 0.3) is 0 Å². The van der Waals surface area contributed by atoms with E-state index < -0.39 is 0 Å². The molecule has 0 spiro atoms. The van der Waals surface area contributed by atoms with Crippen LogP contribution in [0.2, 0.25) is 5.02 Å². The van der Waals surface area contributed by atoms with E-state index in [0.717, 1.165) is 40.6 Å². The molecule has 0 atom stereocenters. The van der Waals surface area contributed by atoms with Gasteiger partial charge in [0.2, 0.25) is 0 Å². The number of aromatic nitrogens is 1. The number of Topliss-reactive ketones (excluding diaryl/α,β-unsaturated/α-hetero) is 1. The highest BCUT2D eigenvalue weighted by Gasteiger charge is 2.20. The number of ether oxygens (including phenoxy) is 1. The predicted molar refractivity (Wildman–Crippen MR) is 96.0 cm³/mol. The van der Waals surface area contributed by atoms with Crippen molar-refractivity contribution in [3.63, 3.8) is 0 Å². The number of carbonyl (C=O) groups is 1. The average molecular weight is 347 g/mol. The number of benzene rings is 1. The average Bonchev–Trinajstić information content (AvgIpc) is 2.86. The van der Waals surface area contributed by atoms with Crippen LogP contribution in [0.15, 0.2) is 30.3 Å². The Morgan fingerprint density at radius 3 is 2.62 bits per heavy atom. The molecule has 1 aromatic carbocycles. The van der Waals surface area contributed by atoms with Crippen molar-refractivity contribution >= 4 is 17.4 Å². The minimum Gasteiger partial charge on any atom is -0.379 e. The summed E-state index contributed by atoms with van der Waals surface area (Å²) in [4.78, 5) is 14.9. The van der Waals surface area contributed by atoms with Crippen molar-refractivity contribution in [1.82, 2.24) is 9.47 Å². The third-order valence-electron chi connectivity index (χ3n) is 4.63. The Hall–Kier alpha value is -1.62. The van der Waals surface area contributed by atoms with Crippen LogP contribution >= 0.6 is 11.6 Å². The number of hydrogen-bond acceptors (Lipinski definition) is 3. The normalized spacial score (nSPS) is 15.6. The molecule has 1 aliphatic heterocycles. The van der Waals surface area contributed by atoms with Crippen molar-refractivity contribution in [2.75, 3.05) is 32.8 Å². The smallest absolute Gasteiger partial charge is 0.178 e. The summed E-state index contributed by atoms with van der Waals surface area (Å²) in [5.74, 6) is 0.176. The van der Waals surface area contributed by atoms with Crippen molar-refractivity contribution in [2.45, 2.75) is 20.4 Å². The van der Waals surface area contributed by atoms with Crippen LogP contribution in [-0.4, -0.2) is 48.1 Å². The molecule has 24 heavy (non-hydrogen) atoms. The number of rotatable bonds is 5. The van der Waals surface area contributed by atoms with Gasteiger partial charge in [-0.25, -0.2) is 0 Å². The molecule has 4 nitrogen and oxygen atoms in total. The number of halogens is 1. The summed E-state index contributed by atoms with van der Waals surface area (Å²) >= 11 is 6.28. The van der Waals surface area contributed by atoms with Gasteiger partial charge in [0.05, 0.1) is 19.8 Å². The van der Waals surface area contributed by atoms with E-state index in [9.17, 15) is 4.79 Å². The fourth-order valence-electron chi connectivity index (χ4n) is 3.17. The number of morpholine rings is 1. The second-order valence-electron chi connectivity index (χ2n) is 6.27. The lowest BCUT2D eigenvalue weighted by molar-refractivity contribution is 0.0371. The zero-order valence-corrected chi connectivity index (χ0v) is 15.0. The summed E-state index contributed by atoms with van der Waals surface area (Å²) in [5, 5.41) is 0.756. The van der Waals surface area contributed by atoms with Gasteiger partial charge in [-0.15, -0.1) is 0 Å². The standard InChI is InChI=1S/C19H23ClN2O2/c1-14-11-17(19(23)13-21-7-9-24-10-8-21)15(2)22(14)12-16-5-3-4-6-18(16)20/h3-6,11H,7-10,12-13H2,1-2H3. The van der Waals surface area contributed by atoms with Crippen LogP contribution in [0, 0.1) is 13.8 Å². The molecule has 1 aliphatic rings. The number of hydrogen-bond donors (Lipinski definition) is 0. The molecule has 1 fully saturated rings. The second-order valence-corrected chi connectivity index (χ2v) is 6.68. The maximum absolute atomic E-state index is 12.7. The molecule has 128 valence electrons. The van der Waals surface area contributed by atoms with Crippen LogP contribution in [0.4, 0.5) is 0 Å². The Morgan fingerprint density at radius 1 is 1.21 bits per heavy atom. The van der Waals surface area contributed by atoms with E-state index >= 15 is 0 Å². The molecule has 0 unspecified atom stereocenters. The first-order valence-corrected chi connectivity index (χ1v) is 8.67. The van der Waals surface area contributed by atoms with Gasteiger partial charge >= 0.3 is 0 Å². The number of carbonyl (C=O) groups excluding carboxylic acids is 1. The van der Waals surface area contributed by atoms with Crippen LogP contribution in [0.25, 0.3) is 0 Å². The van der Waals surface area contributed by atoms with Crippen molar-refractivity contribution in [1.29, 1.82) is 0 Å². The zero-order chi connectivity index (χ0) is 17.1. The molecule has 3 rings (SSSR count). The van der Waals surface area contributed by atoms with Gasteiger partial charge in [-0.3, -0.25) is 9.69 Å². The molecule has 0 bridgehead atoms. The molecule has 1 saturated heterocycles. The third-order valence-corrected chi connectivity index (χ3v) is 5.00. The van der Waals surface area contributed by atoms with Crippen molar-refractivity contribution in [2.24, 2.45) is 0 Å². The van der Waals surface area contributed by atoms with Crippen LogP contribution in [0.5, 0.6) is 0 Å². The second kappa shape index (κ2) is 7.51. The first-order chi connectivity index (χ1) is 11.6. The van der Waals surface area contributed by atoms with E-state index in [1.54, 1.807) is 0 Å². The van der Waals surface area contributed by atoms with Gasteiger partial charge in [0, 0.05) is 41.6 Å².